The standard InChI is InChI=1S/C16H10FN3O/c17-13-4-2-10(6-14(13)19)16(21)12-8-20-15-5-9(7-18)1-3-11(12)15/h1-6,8,20H,19H2. The van der Waals surface area contributed by atoms with Gasteiger partial charge in [-0.05, 0) is 30.3 Å². The third-order valence-corrected chi connectivity index (χ3v) is 3.31. The second-order valence-corrected chi connectivity index (χ2v) is 4.64. The van der Waals surface area contributed by atoms with E-state index < -0.39 is 5.82 Å². The van der Waals surface area contributed by atoms with Gasteiger partial charge >= 0.3 is 0 Å². The number of nitrogens with zero attached hydrogens (tertiary/aromatic N) is 1. The van der Waals surface area contributed by atoms with Gasteiger partial charge in [0.1, 0.15) is 5.82 Å². The zero-order chi connectivity index (χ0) is 15.0. The molecule has 0 atom stereocenters. The number of benzene rings is 2. The summed E-state index contributed by atoms with van der Waals surface area (Å²) in [6.07, 6.45) is 1.58. The smallest absolute Gasteiger partial charge is 0.195 e. The molecule has 0 radical (unpaired) electrons. The van der Waals surface area contributed by atoms with E-state index in [9.17, 15) is 9.18 Å². The number of rotatable bonds is 2. The van der Waals surface area contributed by atoms with Gasteiger partial charge in [0.15, 0.2) is 5.78 Å². The molecule has 1 heterocycles. The van der Waals surface area contributed by atoms with E-state index in [4.69, 9.17) is 11.0 Å². The Bertz CT molecular complexity index is 906. The summed E-state index contributed by atoms with van der Waals surface area (Å²) >= 11 is 0. The molecule has 3 N–H and O–H groups in total. The first kappa shape index (κ1) is 12.9. The van der Waals surface area contributed by atoms with Crippen molar-refractivity contribution in [1.29, 1.82) is 5.26 Å². The number of nitriles is 1. The predicted molar refractivity (Wildman–Crippen MR) is 77.3 cm³/mol. The van der Waals surface area contributed by atoms with Gasteiger partial charge < -0.3 is 10.7 Å². The Morgan fingerprint density at radius 2 is 2.05 bits per heavy atom. The van der Waals surface area contributed by atoms with Crippen LogP contribution in [0.5, 0.6) is 0 Å². The van der Waals surface area contributed by atoms with Gasteiger partial charge in [-0.15, -0.1) is 0 Å². The zero-order valence-electron chi connectivity index (χ0n) is 10.9. The highest BCUT2D eigenvalue weighted by molar-refractivity contribution is 6.16. The van der Waals surface area contributed by atoms with Crippen molar-refractivity contribution in [3.63, 3.8) is 0 Å². The van der Waals surface area contributed by atoms with Crippen LogP contribution in [0.1, 0.15) is 21.5 Å². The minimum atomic E-state index is -0.552. The Balaban J connectivity index is 2.09. The lowest BCUT2D eigenvalue weighted by Crippen LogP contribution is -2.02. The van der Waals surface area contributed by atoms with Crippen LogP contribution in [0, 0.1) is 17.1 Å². The molecular formula is C16H10FN3O. The van der Waals surface area contributed by atoms with Gasteiger partial charge in [-0.25, -0.2) is 4.39 Å². The fourth-order valence-corrected chi connectivity index (χ4v) is 2.22. The van der Waals surface area contributed by atoms with Gasteiger partial charge in [0, 0.05) is 28.2 Å². The highest BCUT2D eigenvalue weighted by Crippen LogP contribution is 2.23. The van der Waals surface area contributed by atoms with Crippen LogP contribution < -0.4 is 5.73 Å². The number of anilines is 1. The summed E-state index contributed by atoms with van der Waals surface area (Å²) in [5.74, 6) is -0.804. The number of nitrogens with two attached hydrogens (primary N) is 1. The van der Waals surface area contributed by atoms with Crippen LogP contribution >= 0.6 is 0 Å². The number of halogens is 1. The summed E-state index contributed by atoms with van der Waals surface area (Å²) in [5.41, 5.74) is 7.42. The molecule has 102 valence electrons. The number of nitrogen functional groups attached to an aromatic ring is 1. The zero-order valence-corrected chi connectivity index (χ0v) is 10.9. The Morgan fingerprint density at radius 3 is 2.76 bits per heavy atom. The van der Waals surface area contributed by atoms with E-state index in [0.29, 0.717) is 27.6 Å². The summed E-state index contributed by atoms with van der Waals surface area (Å²) in [6, 6.07) is 11.0. The number of nitrogens with one attached hydrogen (secondary N) is 1. The molecule has 21 heavy (non-hydrogen) atoms. The number of aromatic nitrogens is 1. The third-order valence-electron chi connectivity index (χ3n) is 3.31. The first-order valence-corrected chi connectivity index (χ1v) is 6.21. The van der Waals surface area contributed by atoms with E-state index in [1.54, 1.807) is 24.4 Å². The highest BCUT2D eigenvalue weighted by Gasteiger charge is 2.15. The average molecular weight is 279 g/mol. The highest BCUT2D eigenvalue weighted by atomic mass is 19.1. The second kappa shape index (κ2) is 4.76. The Kier molecular flexibility index (Phi) is 2.92. The largest absolute Gasteiger partial charge is 0.396 e. The van der Waals surface area contributed by atoms with Crippen LogP contribution in [0.25, 0.3) is 10.9 Å². The van der Waals surface area contributed by atoms with Gasteiger partial charge in [-0.1, -0.05) is 6.07 Å². The molecule has 0 unspecified atom stereocenters. The van der Waals surface area contributed by atoms with E-state index in [1.807, 2.05) is 6.07 Å². The van der Waals surface area contributed by atoms with E-state index in [-0.39, 0.29) is 11.5 Å². The monoisotopic (exact) mass is 279 g/mol. The first-order valence-electron chi connectivity index (χ1n) is 6.21. The van der Waals surface area contributed by atoms with Gasteiger partial charge in [0.05, 0.1) is 17.3 Å². The van der Waals surface area contributed by atoms with E-state index in [2.05, 4.69) is 4.98 Å². The Hall–Kier alpha value is -3.13. The van der Waals surface area contributed by atoms with Crippen molar-refractivity contribution < 1.29 is 9.18 Å². The van der Waals surface area contributed by atoms with E-state index >= 15 is 0 Å². The number of hydrogen-bond acceptors (Lipinski definition) is 3. The van der Waals surface area contributed by atoms with Crippen molar-refractivity contribution in [3.05, 3.63) is 65.1 Å². The lowest BCUT2D eigenvalue weighted by molar-refractivity contribution is 0.104. The maximum atomic E-state index is 13.2. The molecule has 5 heteroatoms. The molecule has 0 saturated heterocycles. The lowest BCUT2D eigenvalue weighted by atomic mass is 10.0. The number of ketones is 1. The van der Waals surface area contributed by atoms with Crippen molar-refractivity contribution in [1.82, 2.24) is 4.98 Å². The number of hydrogen-bond donors (Lipinski definition) is 2. The predicted octanol–water partition coefficient (Wildman–Crippen LogP) is 2.99. The van der Waals surface area contributed by atoms with Crippen molar-refractivity contribution in [2.45, 2.75) is 0 Å². The second-order valence-electron chi connectivity index (χ2n) is 4.64. The summed E-state index contributed by atoms with van der Waals surface area (Å²) < 4.78 is 13.2. The number of carbonyl (C=O) groups excluding carboxylic acids is 1. The van der Waals surface area contributed by atoms with Crippen molar-refractivity contribution in [3.8, 4) is 6.07 Å². The Labute approximate surface area is 119 Å². The number of aromatic amines is 1. The normalized spacial score (nSPS) is 10.5. The first-order chi connectivity index (χ1) is 10.1. The van der Waals surface area contributed by atoms with Gasteiger partial charge in [-0.2, -0.15) is 5.26 Å². The molecular weight excluding hydrogens is 269 g/mol. The molecule has 4 nitrogen and oxygen atoms in total. The molecule has 0 aliphatic carbocycles. The molecule has 0 aliphatic heterocycles. The topological polar surface area (TPSA) is 82.7 Å². The minimum absolute atomic E-state index is 0.0625. The lowest BCUT2D eigenvalue weighted by Gasteiger charge is -2.02. The molecule has 0 saturated carbocycles. The van der Waals surface area contributed by atoms with Crippen LogP contribution in [-0.2, 0) is 0 Å². The van der Waals surface area contributed by atoms with E-state index in [1.165, 1.54) is 18.2 Å². The molecule has 0 spiro atoms. The molecule has 0 aliphatic rings. The van der Waals surface area contributed by atoms with Crippen molar-refractivity contribution in [2.24, 2.45) is 0 Å². The molecule has 0 amide bonds. The molecule has 3 rings (SSSR count). The van der Waals surface area contributed by atoms with Gasteiger partial charge in [0.2, 0.25) is 0 Å². The summed E-state index contributed by atoms with van der Waals surface area (Å²) in [7, 11) is 0. The van der Waals surface area contributed by atoms with Gasteiger partial charge in [0.25, 0.3) is 0 Å². The fraction of sp³-hybridized carbons (Fsp3) is 0. The van der Waals surface area contributed by atoms with Crippen LogP contribution in [0.2, 0.25) is 0 Å². The summed E-state index contributed by atoms with van der Waals surface area (Å²) in [4.78, 5) is 15.4. The molecule has 2 aromatic carbocycles. The molecule has 1 aromatic heterocycles. The minimum Gasteiger partial charge on any atom is -0.396 e. The van der Waals surface area contributed by atoms with Crippen LogP contribution in [-0.4, -0.2) is 10.8 Å². The van der Waals surface area contributed by atoms with Crippen molar-refractivity contribution in [2.75, 3.05) is 5.73 Å². The van der Waals surface area contributed by atoms with Crippen LogP contribution in [0.3, 0.4) is 0 Å². The maximum Gasteiger partial charge on any atom is 0.195 e. The molecule has 0 bridgehead atoms. The number of H-pyrrole nitrogens is 1. The third kappa shape index (κ3) is 2.13. The number of carbonyl (C=O) groups is 1. The Morgan fingerprint density at radius 1 is 1.24 bits per heavy atom. The van der Waals surface area contributed by atoms with Crippen LogP contribution in [0.15, 0.2) is 42.6 Å². The van der Waals surface area contributed by atoms with Crippen molar-refractivity contribution >= 4 is 22.4 Å². The van der Waals surface area contributed by atoms with Crippen LogP contribution in [0.4, 0.5) is 10.1 Å². The van der Waals surface area contributed by atoms with Gasteiger partial charge in [-0.3, -0.25) is 4.79 Å². The van der Waals surface area contributed by atoms with E-state index in [0.717, 1.165) is 0 Å². The fourth-order valence-electron chi connectivity index (χ4n) is 2.22. The maximum absolute atomic E-state index is 13.2. The molecule has 0 fully saturated rings. The average Bonchev–Trinajstić information content (AvgIpc) is 2.92. The number of fused-ring (bicyclic) bond motifs is 1. The summed E-state index contributed by atoms with van der Waals surface area (Å²) in [6.45, 7) is 0. The summed E-state index contributed by atoms with van der Waals surface area (Å²) in [5, 5.41) is 9.58. The quantitative estimate of drug-likeness (QED) is 0.558. The molecule has 3 aromatic rings. The SMILES string of the molecule is N#Cc1ccc2c(C(=O)c3ccc(F)c(N)c3)c[nH]c2c1.